The zero-order valence-corrected chi connectivity index (χ0v) is 15.7. The van der Waals surface area contributed by atoms with Gasteiger partial charge in [-0.2, -0.15) is 5.26 Å². The van der Waals surface area contributed by atoms with Crippen molar-refractivity contribution in [3.8, 4) is 17.4 Å². The second-order valence-electron chi connectivity index (χ2n) is 6.52. The summed E-state index contributed by atoms with van der Waals surface area (Å²) >= 11 is 0. The van der Waals surface area contributed by atoms with Crippen LogP contribution in [0.2, 0.25) is 0 Å². The van der Waals surface area contributed by atoms with Crippen LogP contribution in [0.25, 0.3) is 28.6 Å². The van der Waals surface area contributed by atoms with Crippen molar-refractivity contribution in [1.82, 2.24) is 4.90 Å². The summed E-state index contributed by atoms with van der Waals surface area (Å²) < 4.78 is 24.6. The Kier molecular flexibility index (Phi) is 4.40. The molecule has 0 spiro atoms. The Hall–Kier alpha value is -3.92. The monoisotopic (exact) mass is 390 g/mol. The Balaban J connectivity index is 1.74. The van der Waals surface area contributed by atoms with Gasteiger partial charge in [0.2, 0.25) is 0 Å². The summed E-state index contributed by atoms with van der Waals surface area (Å²) in [5.41, 5.74) is 2.10. The number of hydrogen-bond donors (Lipinski definition) is 0. The Morgan fingerprint density at radius 3 is 2.41 bits per heavy atom. The second kappa shape index (κ2) is 6.91. The number of carbonyl (C=O) groups is 2. The summed E-state index contributed by atoms with van der Waals surface area (Å²) in [6.07, 6.45) is 1.50. The minimum atomic E-state index is -0.591. The molecule has 2 amide bonds. The number of furan rings is 2. The summed E-state index contributed by atoms with van der Waals surface area (Å²) in [5.74, 6) is -0.525. The second-order valence-corrected chi connectivity index (χ2v) is 6.52. The summed E-state index contributed by atoms with van der Waals surface area (Å²) in [6.45, 7) is 3.39. The van der Waals surface area contributed by atoms with Gasteiger partial charge in [-0.05, 0) is 49.8 Å². The molecular weight excluding hydrogens is 375 g/mol. The molecule has 1 aromatic carbocycles. The maximum absolute atomic E-state index is 13.1. The summed E-state index contributed by atoms with van der Waals surface area (Å²) in [6, 6.07) is 11.1. The number of nitriles is 1. The molecular formula is C22H15FN2O4. The van der Waals surface area contributed by atoms with Crippen molar-refractivity contribution < 1.29 is 22.8 Å². The molecule has 0 saturated heterocycles. The van der Waals surface area contributed by atoms with E-state index in [1.807, 2.05) is 6.07 Å². The number of amides is 2. The van der Waals surface area contributed by atoms with Gasteiger partial charge in [0.15, 0.2) is 11.2 Å². The average Bonchev–Trinajstić information content (AvgIpc) is 3.25. The Bertz CT molecular complexity index is 1220. The molecule has 29 heavy (non-hydrogen) atoms. The fraction of sp³-hybridized carbons (Fsp3) is 0.136. The van der Waals surface area contributed by atoms with Gasteiger partial charge in [0.05, 0.1) is 0 Å². The highest BCUT2D eigenvalue weighted by Crippen LogP contribution is 2.32. The fourth-order valence-electron chi connectivity index (χ4n) is 3.24. The van der Waals surface area contributed by atoms with Gasteiger partial charge in [-0.25, -0.2) is 4.39 Å². The lowest BCUT2D eigenvalue weighted by molar-refractivity contribution is -0.140. The quantitative estimate of drug-likeness (QED) is 0.487. The van der Waals surface area contributed by atoms with Gasteiger partial charge in [0.1, 0.15) is 29.0 Å². The molecule has 0 bridgehead atoms. The molecule has 0 radical (unpaired) electrons. The van der Waals surface area contributed by atoms with Crippen LogP contribution in [-0.4, -0.2) is 23.3 Å². The van der Waals surface area contributed by atoms with Gasteiger partial charge in [-0.3, -0.25) is 14.5 Å². The van der Waals surface area contributed by atoms with Crippen molar-refractivity contribution in [3.05, 3.63) is 64.7 Å². The van der Waals surface area contributed by atoms with E-state index < -0.39 is 11.8 Å². The number of fused-ring (bicyclic) bond motifs is 1. The van der Waals surface area contributed by atoms with Crippen molar-refractivity contribution >= 4 is 29.1 Å². The first-order valence-electron chi connectivity index (χ1n) is 8.91. The lowest BCUT2D eigenvalue weighted by Crippen LogP contribution is -2.42. The fourth-order valence-corrected chi connectivity index (χ4v) is 3.24. The van der Waals surface area contributed by atoms with E-state index in [0.29, 0.717) is 33.8 Å². The van der Waals surface area contributed by atoms with Crippen molar-refractivity contribution in [2.24, 2.45) is 0 Å². The average molecular weight is 390 g/mol. The highest BCUT2D eigenvalue weighted by atomic mass is 19.1. The number of benzene rings is 1. The predicted molar refractivity (Wildman–Crippen MR) is 103 cm³/mol. The van der Waals surface area contributed by atoms with E-state index in [4.69, 9.17) is 8.83 Å². The van der Waals surface area contributed by atoms with Crippen LogP contribution in [0.4, 0.5) is 4.39 Å². The maximum Gasteiger partial charge on any atom is 0.271 e. The van der Waals surface area contributed by atoms with Crippen molar-refractivity contribution in [2.45, 2.75) is 13.8 Å². The first-order valence-corrected chi connectivity index (χ1v) is 8.91. The molecule has 0 atom stereocenters. The summed E-state index contributed by atoms with van der Waals surface area (Å²) in [4.78, 5) is 25.9. The van der Waals surface area contributed by atoms with E-state index in [-0.39, 0.29) is 23.5 Å². The molecule has 2 aromatic heterocycles. The number of likely N-dealkylation sites (N-methyl/N-ethyl adjacent to an activating group) is 1. The molecule has 3 aromatic rings. The van der Waals surface area contributed by atoms with Crippen LogP contribution in [0.3, 0.4) is 0 Å². The van der Waals surface area contributed by atoms with E-state index in [1.165, 1.54) is 18.2 Å². The zero-order valence-electron chi connectivity index (χ0n) is 15.7. The van der Waals surface area contributed by atoms with Gasteiger partial charge in [0, 0.05) is 29.8 Å². The van der Waals surface area contributed by atoms with E-state index in [9.17, 15) is 19.2 Å². The van der Waals surface area contributed by atoms with Gasteiger partial charge >= 0.3 is 0 Å². The molecule has 6 nitrogen and oxygen atoms in total. The standard InChI is InChI=1S/C22H15FN2O4/c1-3-25-21(26)16(12(2)17(11-24)22(25)27)8-15-9-19-20(28-15)10-18(29-19)13-4-6-14(23)7-5-13/h4-10H,3H2,1-2H3/b16-8-. The van der Waals surface area contributed by atoms with Crippen LogP contribution >= 0.6 is 0 Å². The third-order valence-corrected chi connectivity index (χ3v) is 4.78. The van der Waals surface area contributed by atoms with Gasteiger partial charge in [-0.15, -0.1) is 0 Å². The van der Waals surface area contributed by atoms with E-state index in [0.717, 1.165) is 4.90 Å². The molecule has 0 aliphatic carbocycles. The number of nitrogens with zero attached hydrogens (tertiary/aromatic N) is 2. The summed E-state index contributed by atoms with van der Waals surface area (Å²) in [5, 5.41) is 9.30. The van der Waals surface area contributed by atoms with Crippen LogP contribution in [0.5, 0.6) is 0 Å². The molecule has 7 heteroatoms. The van der Waals surface area contributed by atoms with Crippen molar-refractivity contribution in [1.29, 1.82) is 5.26 Å². The minimum Gasteiger partial charge on any atom is -0.453 e. The van der Waals surface area contributed by atoms with E-state index in [2.05, 4.69) is 0 Å². The first-order chi connectivity index (χ1) is 13.9. The topological polar surface area (TPSA) is 87.4 Å². The number of halogens is 1. The molecule has 0 saturated carbocycles. The summed E-state index contributed by atoms with van der Waals surface area (Å²) in [7, 11) is 0. The lowest BCUT2D eigenvalue weighted by Gasteiger charge is -2.25. The molecule has 144 valence electrons. The SMILES string of the molecule is CCN1C(=O)C(C#N)=C(C)/C(=C/c2cc3oc(-c4ccc(F)cc4)cc3o2)C1=O. The molecule has 1 aliphatic rings. The van der Waals surface area contributed by atoms with Gasteiger partial charge in [-0.1, -0.05) is 0 Å². The van der Waals surface area contributed by atoms with Crippen LogP contribution in [0.1, 0.15) is 19.6 Å². The number of rotatable bonds is 3. The van der Waals surface area contributed by atoms with Crippen molar-refractivity contribution in [2.75, 3.05) is 6.54 Å². The van der Waals surface area contributed by atoms with E-state index in [1.54, 1.807) is 38.1 Å². The molecule has 3 heterocycles. The van der Waals surface area contributed by atoms with Gasteiger partial charge in [0.25, 0.3) is 11.8 Å². The third-order valence-electron chi connectivity index (χ3n) is 4.78. The Labute approximate surface area is 165 Å². The zero-order chi connectivity index (χ0) is 20.7. The Morgan fingerprint density at radius 2 is 1.79 bits per heavy atom. The van der Waals surface area contributed by atoms with Gasteiger partial charge < -0.3 is 8.83 Å². The lowest BCUT2D eigenvalue weighted by atomic mass is 9.95. The first kappa shape index (κ1) is 18.4. The molecule has 0 unspecified atom stereocenters. The third kappa shape index (κ3) is 3.05. The highest BCUT2D eigenvalue weighted by Gasteiger charge is 2.34. The molecule has 0 fully saturated rings. The normalized spacial score (nSPS) is 16.2. The van der Waals surface area contributed by atoms with Crippen LogP contribution in [0.15, 0.2) is 62.0 Å². The minimum absolute atomic E-state index is 0.0634. The Morgan fingerprint density at radius 1 is 1.10 bits per heavy atom. The maximum atomic E-state index is 13.1. The number of carbonyl (C=O) groups excluding carboxylic acids is 2. The number of imide groups is 1. The van der Waals surface area contributed by atoms with E-state index >= 15 is 0 Å². The molecule has 0 N–H and O–H groups in total. The smallest absolute Gasteiger partial charge is 0.271 e. The number of hydrogen-bond acceptors (Lipinski definition) is 5. The van der Waals surface area contributed by atoms with Crippen LogP contribution in [-0.2, 0) is 9.59 Å². The van der Waals surface area contributed by atoms with Crippen molar-refractivity contribution in [3.63, 3.8) is 0 Å². The largest absolute Gasteiger partial charge is 0.453 e. The highest BCUT2D eigenvalue weighted by molar-refractivity contribution is 6.19. The van der Waals surface area contributed by atoms with Crippen LogP contribution in [0, 0.1) is 17.1 Å². The molecule has 4 rings (SSSR count). The van der Waals surface area contributed by atoms with Crippen LogP contribution < -0.4 is 0 Å². The predicted octanol–water partition coefficient (Wildman–Crippen LogP) is 4.44. The molecule has 1 aliphatic heterocycles.